The summed E-state index contributed by atoms with van der Waals surface area (Å²) in [6, 6.07) is 15.1. The van der Waals surface area contributed by atoms with Gasteiger partial charge in [0.15, 0.2) is 0 Å². The molecule has 0 radical (unpaired) electrons. The summed E-state index contributed by atoms with van der Waals surface area (Å²) in [4.78, 5) is 18.8. The second-order valence-corrected chi connectivity index (χ2v) is 6.21. The van der Waals surface area contributed by atoms with Crippen LogP contribution in [0.4, 0.5) is 0 Å². The van der Waals surface area contributed by atoms with Gasteiger partial charge in [0.2, 0.25) is 0 Å². The molecule has 0 aliphatic carbocycles. The number of nitrogens with zero attached hydrogens (tertiary/aromatic N) is 3. The van der Waals surface area contributed by atoms with Crippen molar-refractivity contribution >= 4 is 5.91 Å². The number of hydrogen-bond acceptors (Lipinski definition) is 4. The molecule has 0 atom stereocenters. The zero-order valence-corrected chi connectivity index (χ0v) is 15.8. The molecule has 0 fully saturated rings. The molecule has 0 saturated heterocycles. The fraction of sp³-hybridized carbons (Fsp3) is 0.238. The van der Waals surface area contributed by atoms with Crippen LogP contribution in [0.1, 0.15) is 21.7 Å². The van der Waals surface area contributed by atoms with Gasteiger partial charge in [-0.2, -0.15) is 0 Å². The molecule has 2 aromatic carbocycles. The molecular formula is C21H23N3O3. The lowest BCUT2D eigenvalue weighted by molar-refractivity contribution is 0.0780. The first kappa shape index (κ1) is 18.5. The molecule has 0 aliphatic rings. The lowest BCUT2D eigenvalue weighted by Gasteiger charge is -2.18. The molecule has 3 rings (SSSR count). The quantitative estimate of drug-likeness (QED) is 0.645. The maximum Gasteiger partial charge on any atom is 0.254 e. The number of rotatable bonds is 7. The molecule has 6 nitrogen and oxygen atoms in total. The van der Waals surface area contributed by atoms with E-state index < -0.39 is 0 Å². The molecule has 3 aromatic rings. The smallest absolute Gasteiger partial charge is 0.254 e. The molecular weight excluding hydrogens is 342 g/mol. The average Bonchev–Trinajstić information content (AvgIpc) is 3.14. The highest BCUT2D eigenvalue weighted by atomic mass is 16.5. The lowest BCUT2D eigenvalue weighted by atomic mass is 10.2. The van der Waals surface area contributed by atoms with Crippen LogP contribution in [0.25, 0.3) is 0 Å². The Balaban J connectivity index is 1.70. The van der Waals surface area contributed by atoms with Crippen molar-refractivity contribution < 1.29 is 14.3 Å². The summed E-state index contributed by atoms with van der Waals surface area (Å²) in [6.45, 7) is 1.10. The first-order valence-electron chi connectivity index (χ1n) is 8.63. The van der Waals surface area contributed by atoms with Crippen molar-refractivity contribution in [2.75, 3.05) is 21.3 Å². The Labute approximate surface area is 159 Å². The van der Waals surface area contributed by atoms with Gasteiger partial charge >= 0.3 is 0 Å². The van der Waals surface area contributed by atoms with Crippen LogP contribution in [0.5, 0.6) is 11.5 Å². The lowest BCUT2D eigenvalue weighted by Crippen LogP contribution is -2.27. The van der Waals surface area contributed by atoms with Crippen LogP contribution in [0.3, 0.4) is 0 Å². The number of methoxy groups -OCH3 is 2. The zero-order chi connectivity index (χ0) is 19.2. The molecule has 140 valence electrons. The van der Waals surface area contributed by atoms with Crippen molar-refractivity contribution in [2.24, 2.45) is 0 Å². The molecule has 0 spiro atoms. The van der Waals surface area contributed by atoms with Gasteiger partial charge in [-0.25, -0.2) is 4.98 Å². The number of hydrogen-bond donors (Lipinski definition) is 0. The largest absolute Gasteiger partial charge is 0.497 e. The third-order valence-corrected chi connectivity index (χ3v) is 4.36. The highest BCUT2D eigenvalue weighted by Gasteiger charge is 2.15. The summed E-state index contributed by atoms with van der Waals surface area (Å²) in [5.74, 6) is 2.24. The van der Waals surface area contributed by atoms with Gasteiger partial charge in [0.25, 0.3) is 5.91 Å². The average molecular weight is 365 g/mol. The number of ether oxygens (including phenoxy) is 2. The third-order valence-electron chi connectivity index (χ3n) is 4.36. The Morgan fingerprint density at radius 3 is 2.52 bits per heavy atom. The van der Waals surface area contributed by atoms with Crippen molar-refractivity contribution in [3.63, 3.8) is 0 Å². The van der Waals surface area contributed by atoms with Gasteiger partial charge in [-0.05, 0) is 35.9 Å². The van der Waals surface area contributed by atoms with Crippen LogP contribution in [0.15, 0.2) is 60.9 Å². The summed E-state index contributed by atoms with van der Waals surface area (Å²) < 4.78 is 12.4. The number of aromatic nitrogens is 2. The van der Waals surface area contributed by atoms with E-state index in [0.717, 1.165) is 17.1 Å². The predicted molar refractivity (Wildman–Crippen MR) is 103 cm³/mol. The van der Waals surface area contributed by atoms with Crippen molar-refractivity contribution in [1.29, 1.82) is 0 Å². The van der Waals surface area contributed by atoms with Gasteiger partial charge in [0.1, 0.15) is 17.3 Å². The number of amides is 1. The van der Waals surface area contributed by atoms with Crippen LogP contribution < -0.4 is 9.47 Å². The molecule has 0 aliphatic heterocycles. The minimum Gasteiger partial charge on any atom is -0.497 e. The van der Waals surface area contributed by atoms with Crippen LogP contribution in [-0.2, 0) is 13.1 Å². The normalized spacial score (nSPS) is 10.5. The number of imidazole rings is 1. The monoisotopic (exact) mass is 365 g/mol. The van der Waals surface area contributed by atoms with Gasteiger partial charge in [-0.1, -0.05) is 18.2 Å². The Kier molecular flexibility index (Phi) is 5.76. The summed E-state index contributed by atoms with van der Waals surface area (Å²) in [5, 5.41) is 0. The fourth-order valence-electron chi connectivity index (χ4n) is 2.82. The van der Waals surface area contributed by atoms with Crippen LogP contribution in [0.2, 0.25) is 0 Å². The number of carbonyl (C=O) groups excluding carboxylic acids is 1. The number of benzene rings is 2. The van der Waals surface area contributed by atoms with Crippen molar-refractivity contribution in [2.45, 2.75) is 13.1 Å². The molecule has 1 amide bonds. The standard InChI is InChI=1S/C21H23N3O3/c1-23(21(25)17-5-4-6-19(13-17)27-3)15-20-22-11-12-24(20)14-16-7-9-18(26-2)10-8-16/h4-13H,14-15H2,1-3H3. The SMILES string of the molecule is COc1ccc(Cn2ccnc2CN(C)C(=O)c2cccc(OC)c2)cc1. The second-order valence-electron chi connectivity index (χ2n) is 6.21. The van der Waals surface area contributed by atoms with E-state index in [1.807, 2.05) is 47.2 Å². The molecule has 1 heterocycles. The summed E-state index contributed by atoms with van der Waals surface area (Å²) in [5.41, 5.74) is 1.72. The van der Waals surface area contributed by atoms with E-state index in [4.69, 9.17) is 9.47 Å². The Morgan fingerprint density at radius 1 is 1.07 bits per heavy atom. The predicted octanol–water partition coefficient (Wildman–Crippen LogP) is 3.22. The maximum absolute atomic E-state index is 12.7. The van der Waals surface area contributed by atoms with Crippen LogP contribution in [-0.4, -0.2) is 41.6 Å². The van der Waals surface area contributed by atoms with Crippen molar-refractivity contribution in [3.05, 3.63) is 77.9 Å². The van der Waals surface area contributed by atoms with Gasteiger partial charge in [0.05, 0.1) is 20.8 Å². The van der Waals surface area contributed by atoms with Crippen molar-refractivity contribution in [3.8, 4) is 11.5 Å². The second kappa shape index (κ2) is 8.40. The van der Waals surface area contributed by atoms with E-state index in [-0.39, 0.29) is 5.91 Å². The fourth-order valence-corrected chi connectivity index (χ4v) is 2.82. The zero-order valence-electron chi connectivity index (χ0n) is 15.8. The molecule has 0 unspecified atom stereocenters. The van der Waals surface area contributed by atoms with E-state index in [0.29, 0.717) is 24.4 Å². The molecule has 0 saturated carbocycles. The van der Waals surface area contributed by atoms with Gasteiger partial charge in [-0.15, -0.1) is 0 Å². The highest BCUT2D eigenvalue weighted by Crippen LogP contribution is 2.16. The van der Waals surface area contributed by atoms with Crippen molar-refractivity contribution in [1.82, 2.24) is 14.5 Å². The summed E-state index contributed by atoms with van der Waals surface area (Å²) in [7, 11) is 5.01. The van der Waals surface area contributed by atoms with E-state index in [2.05, 4.69) is 4.98 Å². The van der Waals surface area contributed by atoms with Crippen LogP contribution in [0, 0.1) is 0 Å². The Bertz CT molecular complexity index is 903. The summed E-state index contributed by atoms with van der Waals surface area (Å²) in [6.07, 6.45) is 3.67. The van der Waals surface area contributed by atoms with E-state index in [1.54, 1.807) is 44.5 Å². The van der Waals surface area contributed by atoms with E-state index in [9.17, 15) is 4.79 Å². The van der Waals surface area contributed by atoms with E-state index in [1.165, 1.54) is 0 Å². The molecule has 0 N–H and O–H groups in total. The summed E-state index contributed by atoms with van der Waals surface area (Å²) >= 11 is 0. The van der Waals surface area contributed by atoms with E-state index >= 15 is 0 Å². The molecule has 6 heteroatoms. The van der Waals surface area contributed by atoms with Gasteiger partial charge in [0, 0.05) is 31.5 Å². The first-order chi connectivity index (χ1) is 13.1. The molecule has 1 aromatic heterocycles. The minimum absolute atomic E-state index is 0.0760. The Hall–Kier alpha value is -3.28. The third kappa shape index (κ3) is 4.47. The topological polar surface area (TPSA) is 56.6 Å². The van der Waals surface area contributed by atoms with Crippen LogP contribution >= 0.6 is 0 Å². The molecule has 0 bridgehead atoms. The maximum atomic E-state index is 12.7. The first-order valence-corrected chi connectivity index (χ1v) is 8.63. The number of carbonyl (C=O) groups is 1. The molecule has 27 heavy (non-hydrogen) atoms. The Morgan fingerprint density at radius 2 is 1.81 bits per heavy atom. The minimum atomic E-state index is -0.0760. The van der Waals surface area contributed by atoms with Gasteiger partial charge < -0.3 is 18.9 Å². The van der Waals surface area contributed by atoms with Gasteiger partial charge in [-0.3, -0.25) is 4.79 Å². The highest BCUT2D eigenvalue weighted by molar-refractivity contribution is 5.94.